The molecule has 5 heteroatoms. The van der Waals surface area contributed by atoms with E-state index in [0.29, 0.717) is 38.6 Å². The van der Waals surface area contributed by atoms with Crippen molar-refractivity contribution < 1.29 is 19.4 Å². The van der Waals surface area contributed by atoms with Gasteiger partial charge in [0.25, 0.3) is 5.91 Å². The van der Waals surface area contributed by atoms with E-state index < -0.39 is 17.6 Å². The van der Waals surface area contributed by atoms with Gasteiger partial charge in [0.2, 0.25) is 5.78 Å². The van der Waals surface area contributed by atoms with Crippen LogP contribution in [0.3, 0.4) is 0 Å². The minimum Gasteiger partial charge on any atom is -0.396 e. The third-order valence-electron chi connectivity index (χ3n) is 4.44. The van der Waals surface area contributed by atoms with Crippen molar-refractivity contribution in [1.82, 2.24) is 4.90 Å². The lowest BCUT2D eigenvalue weighted by Gasteiger charge is -2.29. The molecule has 1 amide bonds. The van der Waals surface area contributed by atoms with Crippen molar-refractivity contribution in [2.45, 2.75) is 38.5 Å². The average Bonchev–Trinajstić information content (AvgIpc) is 2.53. The van der Waals surface area contributed by atoms with Gasteiger partial charge < -0.3 is 14.7 Å². The average molecular weight is 283 g/mol. The second-order valence-corrected chi connectivity index (χ2v) is 5.89. The molecule has 0 bridgehead atoms. The molecule has 2 aliphatic rings. The maximum atomic E-state index is 12.3. The van der Waals surface area contributed by atoms with Crippen LogP contribution < -0.4 is 0 Å². The maximum Gasteiger partial charge on any atom is 0.290 e. The fourth-order valence-electron chi connectivity index (χ4n) is 3.19. The molecule has 1 saturated heterocycles. The molecule has 0 radical (unpaired) electrons. The molecule has 2 fully saturated rings. The van der Waals surface area contributed by atoms with E-state index in [1.54, 1.807) is 4.90 Å². The summed E-state index contributed by atoms with van der Waals surface area (Å²) < 4.78 is 5.18. The Bertz CT molecular complexity index is 333. The van der Waals surface area contributed by atoms with Crippen LogP contribution in [0.2, 0.25) is 0 Å². The van der Waals surface area contributed by atoms with Crippen LogP contribution in [0.15, 0.2) is 0 Å². The molecule has 20 heavy (non-hydrogen) atoms. The fourth-order valence-corrected chi connectivity index (χ4v) is 3.19. The lowest BCUT2D eigenvalue weighted by Crippen LogP contribution is -2.46. The minimum atomic E-state index is -0.520. The van der Waals surface area contributed by atoms with Crippen molar-refractivity contribution in [1.29, 1.82) is 0 Å². The summed E-state index contributed by atoms with van der Waals surface area (Å²) in [5, 5.41) is 9.46. The Labute approximate surface area is 120 Å². The largest absolute Gasteiger partial charge is 0.396 e. The van der Waals surface area contributed by atoms with E-state index >= 15 is 0 Å². The van der Waals surface area contributed by atoms with Gasteiger partial charge in [0, 0.05) is 13.1 Å². The van der Waals surface area contributed by atoms with Crippen LogP contribution in [0.25, 0.3) is 0 Å². The van der Waals surface area contributed by atoms with Crippen molar-refractivity contribution in [3.8, 4) is 0 Å². The number of amides is 1. The summed E-state index contributed by atoms with van der Waals surface area (Å²) in [5.74, 6) is -0.890. The summed E-state index contributed by atoms with van der Waals surface area (Å²) in [4.78, 5) is 26.0. The van der Waals surface area contributed by atoms with E-state index in [-0.39, 0.29) is 6.61 Å². The molecule has 114 valence electrons. The van der Waals surface area contributed by atoms with Crippen molar-refractivity contribution in [3.63, 3.8) is 0 Å². The van der Waals surface area contributed by atoms with Gasteiger partial charge in [-0.1, -0.05) is 32.1 Å². The number of aliphatic hydroxyl groups is 1. The Kier molecular flexibility index (Phi) is 5.98. The highest BCUT2D eigenvalue weighted by Crippen LogP contribution is 2.29. The molecule has 0 aromatic carbocycles. The van der Waals surface area contributed by atoms with E-state index in [0.717, 1.165) is 12.8 Å². The summed E-state index contributed by atoms with van der Waals surface area (Å²) in [6, 6.07) is 0. The number of hydrogen-bond donors (Lipinski definition) is 1. The molecule has 0 spiro atoms. The predicted octanol–water partition coefficient (Wildman–Crippen LogP) is 0.993. The van der Waals surface area contributed by atoms with E-state index in [9.17, 15) is 14.7 Å². The normalized spacial score (nSPS) is 22.6. The summed E-state index contributed by atoms with van der Waals surface area (Å²) in [6.45, 7) is 1.72. The zero-order chi connectivity index (χ0) is 14.4. The van der Waals surface area contributed by atoms with Crippen LogP contribution in [0.5, 0.6) is 0 Å². The van der Waals surface area contributed by atoms with Gasteiger partial charge in [0.05, 0.1) is 25.7 Å². The van der Waals surface area contributed by atoms with Crippen LogP contribution in [-0.4, -0.2) is 54.6 Å². The molecular formula is C15H25NO4. The number of nitrogens with zero attached hydrogens (tertiary/aromatic N) is 1. The van der Waals surface area contributed by atoms with Gasteiger partial charge in [-0.05, 0) is 12.3 Å². The van der Waals surface area contributed by atoms with Crippen molar-refractivity contribution >= 4 is 11.7 Å². The summed E-state index contributed by atoms with van der Waals surface area (Å²) in [7, 11) is 0. The summed E-state index contributed by atoms with van der Waals surface area (Å²) in [6.07, 6.45) is 6.57. The number of aliphatic hydroxyl groups excluding tert-OH is 1. The minimum absolute atomic E-state index is 0.217. The standard InChI is InChI=1S/C15H25NO4/c17-11-13(10-12-4-2-1-3-5-12)14(18)15(19)16-6-8-20-9-7-16/h12-13,17H,1-11H2/t13-/m0/s1. The summed E-state index contributed by atoms with van der Waals surface area (Å²) in [5.41, 5.74) is 0. The molecule has 1 atom stereocenters. The molecule has 0 unspecified atom stereocenters. The third kappa shape index (κ3) is 4.03. The highest BCUT2D eigenvalue weighted by Gasteiger charge is 2.31. The van der Waals surface area contributed by atoms with E-state index in [1.807, 2.05) is 0 Å². The first kappa shape index (κ1) is 15.4. The van der Waals surface area contributed by atoms with Gasteiger partial charge in [-0.25, -0.2) is 0 Å². The van der Waals surface area contributed by atoms with E-state index in [1.165, 1.54) is 19.3 Å². The molecule has 1 N–H and O–H groups in total. The third-order valence-corrected chi connectivity index (χ3v) is 4.44. The quantitative estimate of drug-likeness (QED) is 0.764. The van der Waals surface area contributed by atoms with Crippen molar-refractivity contribution in [2.75, 3.05) is 32.9 Å². The highest BCUT2D eigenvalue weighted by atomic mass is 16.5. The van der Waals surface area contributed by atoms with Crippen LogP contribution in [0.1, 0.15) is 38.5 Å². The predicted molar refractivity (Wildman–Crippen MR) is 74.2 cm³/mol. The van der Waals surface area contributed by atoms with E-state index in [4.69, 9.17) is 4.74 Å². The maximum absolute atomic E-state index is 12.3. The Morgan fingerprint density at radius 3 is 2.40 bits per heavy atom. The van der Waals surface area contributed by atoms with Crippen molar-refractivity contribution in [2.24, 2.45) is 11.8 Å². The topological polar surface area (TPSA) is 66.8 Å². The van der Waals surface area contributed by atoms with Gasteiger partial charge in [-0.15, -0.1) is 0 Å². The monoisotopic (exact) mass is 283 g/mol. The highest BCUT2D eigenvalue weighted by molar-refractivity contribution is 6.36. The molecule has 0 aromatic heterocycles. The Hall–Kier alpha value is -0.940. The van der Waals surface area contributed by atoms with Crippen LogP contribution >= 0.6 is 0 Å². The van der Waals surface area contributed by atoms with Gasteiger partial charge in [0.15, 0.2) is 0 Å². The molecule has 1 aliphatic heterocycles. The molecule has 2 rings (SSSR count). The summed E-state index contributed by atoms with van der Waals surface area (Å²) >= 11 is 0. The first-order valence-electron chi connectivity index (χ1n) is 7.74. The van der Waals surface area contributed by atoms with Gasteiger partial charge in [0.1, 0.15) is 0 Å². The zero-order valence-corrected chi connectivity index (χ0v) is 12.1. The SMILES string of the molecule is O=C(C(=O)N1CCOCC1)[C@H](CO)CC1CCCCC1. The molecule has 1 saturated carbocycles. The van der Waals surface area contributed by atoms with Crippen LogP contribution in [0, 0.1) is 11.8 Å². The number of carbonyl (C=O) groups is 2. The number of ether oxygens (including phenoxy) is 1. The van der Waals surface area contributed by atoms with Gasteiger partial charge in [-0.2, -0.15) is 0 Å². The first-order chi connectivity index (χ1) is 9.72. The number of hydrogen-bond acceptors (Lipinski definition) is 4. The lowest BCUT2D eigenvalue weighted by atomic mass is 9.81. The van der Waals surface area contributed by atoms with Crippen LogP contribution in [-0.2, 0) is 14.3 Å². The Balaban J connectivity index is 1.88. The fraction of sp³-hybridized carbons (Fsp3) is 0.867. The van der Waals surface area contributed by atoms with Gasteiger partial charge in [-0.3, -0.25) is 9.59 Å². The Morgan fingerprint density at radius 2 is 1.80 bits per heavy atom. The number of carbonyl (C=O) groups excluding carboxylic acids is 2. The molecular weight excluding hydrogens is 258 g/mol. The lowest BCUT2D eigenvalue weighted by molar-refractivity contribution is -0.150. The van der Waals surface area contributed by atoms with E-state index in [2.05, 4.69) is 0 Å². The Morgan fingerprint density at radius 1 is 1.15 bits per heavy atom. The molecule has 0 aromatic rings. The number of ketones is 1. The first-order valence-corrected chi connectivity index (χ1v) is 7.74. The molecule has 1 heterocycles. The van der Waals surface area contributed by atoms with Crippen molar-refractivity contribution in [3.05, 3.63) is 0 Å². The van der Waals surface area contributed by atoms with Gasteiger partial charge >= 0.3 is 0 Å². The number of morpholine rings is 1. The number of Topliss-reactive ketones (excluding diaryl/α,β-unsaturated/α-hetero) is 1. The number of rotatable bonds is 5. The zero-order valence-electron chi connectivity index (χ0n) is 12.1. The smallest absolute Gasteiger partial charge is 0.290 e. The second-order valence-electron chi connectivity index (χ2n) is 5.89. The molecule has 1 aliphatic carbocycles. The second kappa shape index (κ2) is 7.74. The molecule has 5 nitrogen and oxygen atoms in total. The van der Waals surface area contributed by atoms with Crippen LogP contribution in [0.4, 0.5) is 0 Å².